The summed E-state index contributed by atoms with van der Waals surface area (Å²) in [5, 5.41) is 11.1. The van der Waals surface area contributed by atoms with Gasteiger partial charge in [0.1, 0.15) is 5.82 Å². The van der Waals surface area contributed by atoms with E-state index in [2.05, 4.69) is 19.9 Å². The van der Waals surface area contributed by atoms with Gasteiger partial charge in [0.25, 0.3) is 5.56 Å². The van der Waals surface area contributed by atoms with Crippen molar-refractivity contribution in [2.75, 3.05) is 6.54 Å². The molecule has 25 heavy (non-hydrogen) atoms. The predicted octanol–water partition coefficient (Wildman–Crippen LogP) is 1.02. The Hall–Kier alpha value is -3.06. The minimum absolute atomic E-state index is 0.0908. The van der Waals surface area contributed by atoms with Gasteiger partial charge >= 0.3 is 0 Å². The van der Waals surface area contributed by atoms with Crippen molar-refractivity contribution in [1.82, 2.24) is 19.9 Å². The van der Waals surface area contributed by atoms with Crippen LogP contribution >= 0.6 is 0 Å². The summed E-state index contributed by atoms with van der Waals surface area (Å²) in [6.45, 7) is 2.08. The van der Waals surface area contributed by atoms with Gasteiger partial charge in [-0.25, -0.2) is 4.98 Å². The zero-order valence-corrected chi connectivity index (χ0v) is 13.6. The summed E-state index contributed by atoms with van der Waals surface area (Å²) in [7, 11) is 0. The number of nitrogens with one attached hydrogen (secondary N) is 1. The van der Waals surface area contributed by atoms with Gasteiger partial charge in [-0.1, -0.05) is 0 Å². The minimum Gasteiger partial charge on any atom is -0.619 e. The first-order valence-electron chi connectivity index (χ1n) is 8.11. The third kappa shape index (κ3) is 3.27. The zero-order valence-electron chi connectivity index (χ0n) is 13.6. The van der Waals surface area contributed by atoms with Crippen LogP contribution in [-0.4, -0.2) is 26.4 Å². The van der Waals surface area contributed by atoms with Gasteiger partial charge in [0.2, 0.25) is 0 Å². The zero-order chi connectivity index (χ0) is 17.2. The van der Waals surface area contributed by atoms with Crippen LogP contribution in [0.15, 0.2) is 53.8 Å². The van der Waals surface area contributed by atoms with E-state index in [9.17, 15) is 10.0 Å². The van der Waals surface area contributed by atoms with E-state index in [1.165, 1.54) is 12.4 Å². The van der Waals surface area contributed by atoms with Gasteiger partial charge in [-0.2, -0.15) is 4.73 Å². The quantitative estimate of drug-likeness (QED) is 0.570. The maximum Gasteiger partial charge on any atom is 0.255 e. The highest BCUT2D eigenvalue weighted by Gasteiger charge is 2.21. The maximum absolute atomic E-state index is 12.5. The fourth-order valence-corrected chi connectivity index (χ4v) is 3.07. The van der Waals surface area contributed by atoms with E-state index in [1.807, 2.05) is 12.1 Å². The Bertz CT molecular complexity index is 938. The SMILES string of the molecule is O=c1[nH]c(-c2ccncc2)nc2c1CN(Cc1cc[n+]([O-])cc1)CC2. The molecule has 3 aromatic rings. The summed E-state index contributed by atoms with van der Waals surface area (Å²) in [6.07, 6.45) is 7.07. The fraction of sp³-hybridized carbons (Fsp3) is 0.222. The standard InChI is InChI=1S/C18H17N5O2/c24-18-15-12-22(11-13-3-9-23(25)10-4-13)8-5-16(15)20-17(21-18)14-1-6-19-7-2-14/h1-4,6-7,9-10H,5,8,11-12H2,(H,20,21,24). The molecule has 0 spiro atoms. The summed E-state index contributed by atoms with van der Waals surface area (Å²) in [6, 6.07) is 7.27. The Morgan fingerprint density at radius 3 is 2.72 bits per heavy atom. The van der Waals surface area contributed by atoms with Crippen molar-refractivity contribution in [2.24, 2.45) is 0 Å². The molecule has 1 N–H and O–H groups in total. The van der Waals surface area contributed by atoms with Gasteiger partial charge in [-0.05, 0) is 17.7 Å². The van der Waals surface area contributed by atoms with E-state index >= 15 is 0 Å². The molecule has 0 fully saturated rings. The number of pyridine rings is 2. The molecule has 126 valence electrons. The van der Waals surface area contributed by atoms with Crippen LogP contribution in [0.25, 0.3) is 11.4 Å². The van der Waals surface area contributed by atoms with Gasteiger partial charge in [-0.15, -0.1) is 0 Å². The monoisotopic (exact) mass is 335 g/mol. The van der Waals surface area contributed by atoms with Crippen molar-refractivity contribution >= 4 is 0 Å². The third-order valence-electron chi connectivity index (χ3n) is 4.38. The Morgan fingerprint density at radius 1 is 1.20 bits per heavy atom. The minimum atomic E-state index is -0.0908. The molecule has 7 nitrogen and oxygen atoms in total. The van der Waals surface area contributed by atoms with Crippen molar-refractivity contribution in [3.63, 3.8) is 0 Å². The number of aromatic nitrogens is 4. The smallest absolute Gasteiger partial charge is 0.255 e. The largest absolute Gasteiger partial charge is 0.619 e. The number of aromatic amines is 1. The van der Waals surface area contributed by atoms with Crippen LogP contribution in [-0.2, 0) is 19.5 Å². The molecule has 0 aliphatic carbocycles. The van der Waals surface area contributed by atoms with E-state index in [0.717, 1.165) is 40.1 Å². The molecule has 0 unspecified atom stereocenters. The molecule has 1 aliphatic heterocycles. The molecule has 4 rings (SSSR count). The van der Waals surface area contributed by atoms with Gasteiger partial charge in [-0.3, -0.25) is 14.7 Å². The van der Waals surface area contributed by atoms with E-state index in [1.54, 1.807) is 24.5 Å². The Morgan fingerprint density at radius 2 is 1.96 bits per heavy atom. The van der Waals surface area contributed by atoms with Gasteiger partial charge < -0.3 is 10.2 Å². The Labute approximate surface area is 144 Å². The number of rotatable bonds is 3. The topological polar surface area (TPSA) is 88.8 Å². The molecule has 4 heterocycles. The number of nitrogens with zero attached hydrogens (tertiary/aromatic N) is 4. The van der Waals surface area contributed by atoms with E-state index in [4.69, 9.17) is 0 Å². The van der Waals surface area contributed by atoms with Gasteiger partial charge in [0.05, 0.1) is 11.3 Å². The average molecular weight is 335 g/mol. The second-order valence-electron chi connectivity index (χ2n) is 6.10. The number of fused-ring (bicyclic) bond motifs is 1. The lowest BCUT2D eigenvalue weighted by atomic mass is 10.1. The third-order valence-corrected chi connectivity index (χ3v) is 4.38. The van der Waals surface area contributed by atoms with Crippen LogP contribution in [0.3, 0.4) is 0 Å². The van der Waals surface area contributed by atoms with Crippen molar-refractivity contribution in [1.29, 1.82) is 0 Å². The van der Waals surface area contributed by atoms with E-state index in [0.29, 0.717) is 18.9 Å². The summed E-state index contributed by atoms with van der Waals surface area (Å²) in [5.41, 5.74) is 3.39. The summed E-state index contributed by atoms with van der Waals surface area (Å²) < 4.78 is 0.768. The van der Waals surface area contributed by atoms with Gasteiger partial charge in [0.15, 0.2) is 12.4 Å². The number of hydrogen-bond acceptors (Lipinski definition) is 5. The molecule has 0 aromatic carbocycles. The molecule has 1 aliphatic rings. The first-order chi connectivity index (χ1) is 12.2. The van der Waals surface area contributed by atoms with Crippen LogP contribution in [0.4, 0.5) is 0 Å². The number of hydrogen-bond donors (Lipinski definition) is 1. The highest BCUT2D eigenvalue weighted by molar-refractivity contribution is 5.54. The lowest BCUT2D eigenvalue weighted by Gasteiger charge is -2.27. The predicted molar refractivity (Wildman–Crippen MR) is 91.3 cm³/mol. The molecule has 0 saturated heterocycles. The maximum atomic E-state index is 12.5. The summed E-state index contributed by atoms with van der Waals surface area (Å²) in [4.78, 5) is 26.2. The Kier molecular flexibility index (Phi) is 3.99. The normalized spacial score (nSPS) is 14.2. The van der Waals surface area contributed by atoms with Crippen molar-refractivity contribution < 1.29 is 4.73 Å². The molecular weight excluding hydrogens is 318 g/mol. The second-order valence-corrected chi connectivity index (χ2v) is 6.10. The molecule has 0 atom stereocenters. The van der Waals surface area contributed by atoms with Crippen LogP contribution in [0.2, 0.25) is 0 Å². The molecule has 7 heteroatoms. The van der Waals surface area contributed by atoms with Crippen molar-refractivity contribution in [2.45, 2.75) is 19.5 Å². The lowest BCUT2D eigenvalue weighted by molar-refractivity contribution is -0.605. The lowest BCUT2D eigenvalue weighted by Crippen LogP contribution is -2.35. The van der Waals surface area contributed by atoms with Crippen LogP contribution in [0.5, 0.6) is 0 Å². The second kappa shape index (κ2) is 6.45. The highest BCUT2D eigenvalue weighted by Crippen LogP contribution is 2.19. The summed E-state index contributed by atoms with van der Waals surface area (Å²) >= 11 is 0. The fourth-order valence-electron chi connectivity index (χ4n) is 3.07. The van der Waals surface area contributed by atoms with Crippen LogP contribution in [0.1, 0.15) is 16.8 Å². The molecule has 0 saturated carbocycles. The molecular formula is C18H17N5O2. The van der Waals surface area contributed by atoms with Crippen molar-refractivity contribution in [3.8, 4) is 11.4 Å². The molecule has 0 bridgehead atoms. The summed E-state index contributed by atoms with van der Waals surface area (Å²) in [5.74, 6) is 0.586. The highest BCUT2D eigenvalue weighted by atomic mass is 16.5. The molecule has 3 aromatic heterocycles. The number of H-pyrrole nitrogens is 1. The van der Waals surface area contributed by atoms with Crippen LogP contribution < -0.4 is 10.3 Å². The van der Waals surface area contributed by atoms with E-state index < -0.39 is 0 Å². The first kappa shape index (κ1) is 15.5. The van der Waals surface area contributed by atoms with Gasteiger partial charge in [0, 0.05) is 56.1 Å². The molecule has 0 radical (unpaired) electrons. The van der Waals surface area contributed by atoms with Crippen molar-refractivity contribution in [3.05, 3.63) is 81.4 Å². The Balaban J connectivity index is 1.57. The average Bonchev–Trinajstić information content (AvgIpc) is 2.65. The first-order valence-corrected chi connectivity index (χ1v) is 8.11. The van der Waals surface area contributed by atoms with Crippen LogP contribution in [0, 0.1) is 5.21 Å². The molecule has 0 amide bonds. The van der Waals surface area contributed by atoms with E-state index in [-0.39, 0.29) is 5.56 Å².